The van der Waals surface area contributed by atoms with E-state index in [1.807, 2.05) is 0 Å². The summed E-state index contributed by atoms with van der Waals surface area (Å²) in [4.78, 5) is 45.7. The SMILES string of the molecule is CCCCCCCC/C=C\CCCCCCCC(=O)OC(COC(=O)CCCCCCCCCCCC)COP(=O)(O)OCC(N)C(=O)O. The van der Waals surface area contributed by atoms with Gasteiger partial charge < -0.3 is 25.2 Å². The van der Waals surface area contributed by atoms with Crippen LogP contribution >= 0.6 is 7.82 Å². The molecule has 0 heterocycles. The number of hydrogen-bond donors (Lipinski definition) is 3. The first-order valence-electron chi connectivity index (χ1n) is 19.2. The lowest BCUT2D eigenvalue weighted by Crippen LogP contribution is -2.34. The first kappa shape index (κ1) is 47.2. The number of carbonyl (C=O) groups excluding carboxylic acids is 2. The minimum absolute atomic E-state index is 0.155. The number of unbranched alkanes of at least 4 members (excludes halogenated alkanes) is 20. The second-order valence-corrected chi connectivity index (χ2v) is 14.5. The lowest BCUT2D eigenvalue weighted by molar-refractivity contribution is -0.161. The summed E-state index contributed by atoms with van der Waals surface area (Å²) in [7, 11) is -4.70. The Morgan fingerprint density at radius 1 is 0.612 bits per heavy atom. The van der Waals surface area contributed by atoms with Gasteiger partial charge in [-0.2, -0.15) is 0 Å². The van der Waals surface area contributed by atoms with Crippen LogP contribution in [0.3, 0.4) is 0 Å². The Balaban J connectivity index is 4.43. The Kier molecular flexibility index (Phi) is 32.2. The van der Waals surface area contributed by atoms with Crippen LogP contribution in [-0.2, 0) is 37.5 Å². The van der Waals surface area contributed by atoms with E-state index in [0.29, 0.717) is 12.8 Å². The van der Waals surface area contributed by atoms with Gasteiger partial charge in [0.15, 0.2) is 6.10 Å². The summed E-state index contributed by atoms with van der Waals surface area (Å²) in [5, 5.41) is 8.85. The molecular formula is C37H70NO10P. The fourth-order valence-corrected chi connectivity index (χ4v) is 5.95. The van der Waals surface area contributed by atoms with Crippen molar-refractivity contribution < 1.29 is 47.5 Å². The number of rotatable bonds is 36. The molecule has 0 aliphatic carbocycles. The highest BCUT2D eigenvalue weighted by Gasteiger charge is 2.28. The molecule has 0 radical (unpaired) electrons. The van der Waals surface area contributed by atoms with Crippen LogP contribution in [0.4, 0.5) is 0 Å². The molecule has 0 saturated heterocycles. The summed E-state index contributed by atoms with van der Waals surface area (Å²) >= 11 is 0. The van der Waals surface area contributed by atoms with Crippen LogP contribution in [0.5, 0.6) is 0 Å². The van der Waals surface area contributed by atoms with E-state index in [2.05, 4.69) is 30.5 Å². The summed E-state index contributed by atoms with van der Waals surface area (Å²) in [6.07, 6.45) is 30.0. The van der Waals surface area contributed by atoms with E-state index in [4.69, 9.17) is 24.8 Å². The lowest BCUT2D eigenvalue weighted by atomic mass is 10.1. The molecule has 0 aromatic carbocycles. The van der Waals surface area contributed by atoms with Crippen LogP contribution in [-0.4, -0.2) is 59.9 Å². The molecular weight excluding hydrogens is 649 g/mol. The first-order chi connectivity index (χ1) is 23.6. The minimum Gasteiger partial charge on any atom is -0.480 e. The standard InChI is InChI=1S/C37H70NO10P/c1-3-5-7-9-11-13-15-16-17-18-19-21-23-25-27-29-36(40)48-33(31-46-49(43,44)47-32-34(38)37(41)42)30-45-35(39)28-26-24-22-20-14-12-10-8-6-4-2/h16-17,33-34H,3-15,18-32,38H2,1-2H3,(H,41,42)(H,43,44)/b17-16-. The Labute approximate surface area is 297 Å². The molecule has 288 valence electrons. The average molecular weight is 720 g/mol. The minimum atomic E-state index is -4.70. The Hall–Kier alpha value is -1.78. The van der Waals surface area contributed by atoms with Crippen molar-refractivity contribution in [2.45, 2.75) is 187 Å². The van der Waals surface area contributed by atoms with Gasteiger partial charge in [0.2, 0.25) is 0 Å². The van der Waals surface area contributed by atoms with E-state index >= 15 is 0 Å². The largest absolute Gasteiger partial charge is 0.480 e. The molecule has 0 spiro atoms. The smallest absolute Gasteiger partial charge is 0.472 e. The number of nitrogens with two attached hydrogens (primary N) is 1. The molecule has 0 rings (SSSR count). The number of hydrogen-bond acceptors (Lipinski definition) is 9. The van der Waals surface area contributed by atoms with Crippen molar-refractivity contribution in [3.63, 3.8) is 0 Å². The van der Waals surface area contributed by atoms with Crippen LogP contribution in [0, 0.1) is 0 Å². The molecule has 0 aromatic heterocycles. The van der Waals surface area contributed by atoms with Gasteiger partial charge in [0.05, 0.1) is 13.2 Å². The molecule has 3 unspecified atom stereocenters. The second kappa shape index (κ2) is 33.4. The predicted octanol–water partition coefficient (Wildman–Crippen LogP) is 9.34. The number of phosphoric acid groups is 1. The van der Waals surface area contributed by atoms with Gasteiger partial charge in [0, 0.05) is 12.8 Å². The number of carboxylic acids is 1. The summed E-state index contributed by atoms with van der Waals surface area (Å²) < 4.78 is 32.5. The number of esters is 2. The molecule has 3 atom stereocenters. The van der Waals surface area contributed by atoms with Crippen molar-refractivity contribution in [3.05, 3.63) is 12.2 Å². The number of carboxylic acid groups (broad SMARTS) is 1. The number of allylic oxidation sites excluding steroid dienone is 2. The van der Waals surface area contributed by atoms with Crippen LogP contribution < -0.4 is 5.73 Å². The van der Waals surface area contributed by atoms with Gasteiger partial charge in [0.1, 0.15) is 12.6 Å². The van der Waals surface area contributed by atoms with Crippen molar-refractivity contribution in [1.29, 1.82) is 0 Å². The van der Waals surface area contributed by atoms with Gasteiger partial charge in [-0.1, -0.05) is 135 Å². The topological polar surface area (TPSA) is 172 Å². The Bertz CT molecular complexity index is 900. The number of aliphatic carboxylic acids is 1. The highest BCUT2D eigenvalue weighted by Crippen LogP contribution is 2.43. The third-order valence-corrected chi connectivity index (χ3v) is 9.21. The van der Waals surface area contributed by atoms with Crippen LogP contribution in [0.2, 0.25) is 0 Å². The zero-order valence-corrected chi connectivity index (χ0v) is 31.7. The predicted molar refractivity (Wildman–Crippen MR) is 194 cm³/mol. The van der Waals surface area contributed by atoms with Gasteiger partial charge in [-0.25, -0.2) is 4.57 Å². The molecule has 0 bridgehead atoms. The fourth-order valence-electron chi connectivity index (χ4n) is 5.18. The molecule has 0 aromatic rings. The molecule has 0 aliphatic heterocycles. The van der Waals surface area contributed by atoms with Crippen molar-refractivity contribution in [1.82, 2.24) is 0 Å². The zero-order chi connectivity index (χ0) is 36.4. The fraction of sp³-hybridized carbons (Fsp3) is 0.865. The van der Waals surface area contributed by atoms with Gasteiger partial charge in [0.25, 0.3) is 0 Å². The van der Waals surface area contributed by atoms with Crippen molar-refractivity contribution in [2.75, 3.05) is 19.8 Å². The third-order valence-electron chi connectivity index (χ3n) is 8.26. The molecule has 0 fully saturated rings. The van der Waals surface area contributed by atoms with Gasteiger partial charge in [-0.3, -0.25) is 23.4 Å². The molecule has 0 aliphatic rings. The maximum absolute atomic E-state index is 12.5. The molecule has 0 amide bonds. The summed E-state index contributed by atoms with van der Waals surface area (Å²) in [6, 6.07) is -1.52. The van der Waals surface area contributed by atoms with Crippen LogP contribution in [0.15, 0.2) is 12.2 Å². The monoisotopic (exact) mass is 719 g/mol. The van der Waals surface area contributed by atoms with Crippen molar-refractivity contribution >= 4 is 25.7 Å². The second-order valence-electron chi connectivity index (χ2n) is 13.1. The van der Waals surface area contributed by atoms with Crippen LogP contribution in [0.25, 0.3) is 0 Å². The van der Waals surface area contributed by atoms with Crippen LogP contribution in [0.1, 0.15) is 174 Å². The van der Waals surface area contributed by atoms with Gasteiger partial charge in [-0.05, 0) is 38.5 Å². The first-order valence-corrected chi connectivity index (χ1v) is 20.7. The van der Waals surface area contributed by atoms with Gasteiger partial charge >= 0.3 is 25.7 Å². The summed E-state index contributed by atoms with van der Waals surface area (Å²) in [5.41, 5.74) is 5.31. The highest BCUT2D eigenvalue weighted by atomic mass is 31.2. The normalized spacial score (nSPS) is 14.0. The van der Waals surface area contributed by atoms with Gasteiger partial charge in [-0.15, -0.1) is 0 Å². The third kappa shape index (κ3) is 33.1. The maximum Gasteiger partial charge on any atom is 0.472 e. The Morgan fingerprint density at radius 3 is 1.49 bits per heavy atom. The quantitative estimate of drug-likeness (QED) is 0.0244. The number of carbonyl (C=O) groups is 3. The molecule has 4 N–H and O–H groups in total. The van der Waals surface area contributed by atoms with E-state index in [-0.39, 0.29) is 19.4 Å². The molecule has 49 heavy (non-hydrogen) atoms. The summed E-state index contributed by atoms with van der Waals surface area (Å²) in [6.45, 7) is 2.76. The van der Waals surface area contributed by atoms with E-state index in [1.165, 1.54) is 77.0 Å². The van der Waals surface area contributed by atoms with E-state index in [0.717, 1.165) is 57.8 Å². The Morgan fingerprint density at radius 2 is 1.02 bits per heavy atom. The lowest BCUT2D eigenvalue weighted by Gasteiger charge is -2.20. The molecule has 0 saturated carbocycles. The zero-order valence-electron chi connectivity index (χ0n) is 30.8. The highest BCUT2D eigenvalue weighted by molar-refractivity contribution is 7.47. The van der Waals surface area contributed by atoms with E-state index in [1.54, 1.807) is 0 Å². The number of ether oxygens (including phenoxy) is 2. The molecule has 11 nitrogen and oxygen atoms in total. The van der Waals surface area contributed by atoms with E-state index in [9.17, 15) is 23.8 Å². The average Bonchev–Trinajstić information content (AvgIpc) is 3.07. The summed E-state index contributed by atoms with van der Waals surface area (Å²) in [5.74, 6) is -2.39. The van der Waals surface area contributed by atoms with Crippen molar-refractivity contribution in [2.24, 2.45) is 5.73 Å². The number of phosphoric ester groups is 1. The maximum atomic E-state index is 12.5. The van der Waals surface area contributed by atoms with Crippen molar-refractivity contribution in [3.8, 4) is 0 Å². The van der Waals surface area contributed by atoms with E-state index < -0.39 is 51.1 Å². The molecule has 12 heteroatoms.